The number of hydrogen-bond donors (Lipinski definition) is 2. The van der Waals surface area contributed by atoms with Crippen molar-refractivity contribution in [3.8, 4) is 0 Å². The Balaban J connectivity index is 2.30. The van der Waals surface area contributed by atoms with Gasteiger partial charge in [-0.15, -0.1) is 0 Å². The minimum Gasteiger partial charge on any atom is -0.480 e. The summed E-state index contributed by atoms with van der Waals surface area (Å²) in [5.74, 6) is 0.424. The van der Waals surface area contributed by atoms with E-state index in [0.29, 0.717) is 11.7 Å². The summed E-state index contributed by atoms with van der Waals surface area (Å²) in [5.41, 5.74) is 0. The maximum atomic E-state index is 11.0. The highest BCUT2D eigenvalue weighted by Crippen LogP contribution is 2.14. The Bertz CT molecular complexity index is 352. The molecule has 1 saturated heterocycles. The van der Waals surface area contributed by atoms with Crippen molar-refractivity contribution in [3.63, 3.8) is 0 Å². The number of carbonyl (C=O) groups excluding carboxylic acids is 1. The summed E-state index contributed by atoms with van der Waals surface area (Å²) in [6.45, 7) is 9.37. The molecule has 1 aliphatic rings. The fourth-order valence-corrected chi connectivity index (χ4v) is 3.36. The predicted molar refractivity (Wildman–Crippen MR) is 83.6 cm³/mol. The van der Waals surface area contributed by atoms with E-state index < -0.39 is 12.0 Å². The number of hydrogen-bond acceptors (Lipinski definition) is 5. The third-order valence-corrected chi connectivity index (χ3v) is 4.29. The number of rotatable bonds is 8. The number of carboxylic acids is 1. The van der Waals surface area contributed by atoms with Crippen molar-refractivity contribution in [1.29, 1.82) is 0 Å². The normalized spacial score (nSPS) is 21.2. The molecular formula is C14H26N2O4S. The van der Waals surface area contributed by atoms with Crippen molar-refractivity contribution in [3.05, 3.63) is 0 Å². The second-order valence-electron chi connectivity index (χ2n) is 5.78. The molecule has 1 heterocycles. The zero-order valence-corrected chi connectivity index (χ0v) is 13.8. The van der Waals surface area contributed by atoms with Gasteiger partial charge in [0.05, 0.1) is 12.7 Å². The molecule has 1 amide bonds. The summed E-state index contributed by atoms with van der Waals surface area (Å²) in [4.78, 5) is 24.4. The van der Waals surface area contributed by atoms with E-state index in [1.807, 2.05) is 0 Å². The highest BCUT2D eigenvalue weighted by atomic mass is 32.2. The van der Waals surface area contributed by atoms with Crippen LogP contribution in [0.3, 0.4) is 0 Å². The van der Waals surface area contributed by atoms with Crippen LogP contribution in [0.1, 0.15) is 20.8 Å². The summed E-state index contributed by atoms with van der Waals surface area (Å²) >= 11 is 1.51. The van der Waals surface area contributed by atoms with Gasteiger partial charge in [-0.3, -0.25) is 9.69 Å². The van der Waals surface area contributed by atoms with Gasteiger partial charge in [0, 0.05) is 38.1 Å². The highest BCUT2D eigenvalue weighted by molar-refractivity contribution is 7.99. The fourth-order valence-electron chi connectivity index (χ4n) is 2.30. The van der Waals surface area contributed by atoms with Gasteiger partial charge in [0.2, 0.25) is 5.91 Å². The van der Waals surface area contributed by atoms with Crippen LogP contribution in [0.15, 0.2) is 0 Å². The number of ether oxygens (including phenoxy) is 1. The van der Waals surface area contributed by atoms with Gasteiger partial charge in [-0.05, 0) is 5.92 Å². The van der Waals surface area contributed by atoms with E-state index in [4.69, 9.17) is 9.84 Å². The van der Waals surface area contributed by atoms with Crippen LogP contribution >= 0.6 is 11.8 Å². The lowest BCUT2D eigenvalue weighted by molar-refractivity contribution is -0.140. The van der Waals surface area contributed by atoms with E-state index in [2.05, 4.69) is 24.1 Å². The van der Waals surface area contributed by atoms with Crippen molar-refractivity contribution in [2.24, 2.45) is 5.92 Å². The van der Waals surface area contributed by atoms with E-state index >= 15 is 0 Å². The molecule has 0 aromatic heterocycles. The molecule has 0 saturated carbocycles. The van der Waals surface area contributed by atoms with Crippen molar-refractivity contribution in [1.82, 2.24) is 10.2 Å². The largest absolute Gasteiger partial charge is 0.480 e. The Kier molecular flexibility index (Phi) is 8.06. The molecule has 2 N–H and O–H groups in total. The van der Waals surface area contributed by atoms with Crippen LogP contribution in [0, 0.1) is 5.92 Å². The van der Waals surface area contributed by atoms with Crippen molar-refractivity contribution < 1.29 is 19.4 Å². The molecule has 1 rings (SSSR count). The number of aliphatic carboxylic acids is 1. The number of carboxylic acid groups (broad SMARTS) is 1. The van der Waals surface area contributed by atoms with E-state index in [1.54, 1.807) is 0 Å². The molecular weight excluding hydrogens is 292 g/mol. The number of amides is 1. The van der Waals surface area contributed by atoms with Gasteiger partial charge in [0.1, 0.15) is 6.04 Å². The van der Waals surface area contributed by atoms with Gasteiger partial charge < -0.3 is 15.2 Å². The first-order valence-corrected chi connectivity index (χ1v) is 8.45. The minimum atomic E-state index is -0.997. The van der Waals surface area contributed by atoms with Crippen molar-refractivity contribution >= 4 is 23.6 Å². The monoisotopic (exact) mass is 318 g/mol. The average Bonchev–Trinajstić information content (AvgIpc) is 2.36. The number of morpholine rings is 1. The lowest BCUT2D eigenvalue weighted by atomic mass is 10.2. The second kappa shape index (κ2) is 9.27. The number of nitrogens with one attached hydrogen (secondary N) is 1. The van der Waals surface area contributed by atoms with Crippen LogP contribution in [0.5, 0.6) is 0 Å². The smallest absolute Gasteiger partial charge is 0.327 e. The summed E-state index contributed by atoms with van der Waals surface area (Å²) in [6, 6.07) is -0.831. The summed E-state index contributed by atoms with van der Waals surface area (Å²) in [7, 11) is 0. The SMILES string of the molecule is CC(=O)NC(CSCC1CN(CC(C)C)CCO1)C(=O)O. The van der Waals surface area contributed by atoms with Gasteiger partial charge in [-0.2, -0.15) is 11.8 Å². The summed E-state index contributed by atoms with van der Waals surface area (Å²) in [5, 5.41) is 11.5. The zero-order valence-electron chi connectivity index (χ0n) is 13.0. The topological polar surface area (TPSA) is 78.9 Å². The third-order valence-electron chi connectivity index (χ3n) is 3.11. The Morgan fingerprint density at radius 2 is 2.19 bits per heavy atom. The lowest BCUT2D eigenvalue weighted by Crippen LogP contribution is -2.45. The van der Waals surface area contributed by atoms with Gasteiger partial charge >= 0.3 is 5.97 Å². The van der Waals surface area contributed by atoms with E-state index in [9.17, 15) is 9.59 Å². The maximum Gasteiger partial charge on any atom is 0.327 e. The standard InChI is InChI=1S/C14H26N2O4S/c1-10(2)6-16-4-5-20-12(7-16)8-21-9-13(14(18)19)15-11(3)17/h10,12-13H,4-9H2,1-3H3,(H,15,17)(H,18,19). The Morgan fingerprint density at radius 1 is 1.48 bits per heavy atom. The predicted octanol–water partition coefficient (Wildman–Crippen LogP) is 0.666. The molecule has 0 spiro atoms. The molecule has 1 fully saturated rings. The van der Waals surface area contributed by atoms with Crippen LogP contribution in [0.25, 0.3) is 0 Å². The number of carbonyl (C=O) groups is 2. The second-order valence-corrected chi connectivity index (χ2v) is 6.85. The van der Waals surface area contributed by atoms with Gasteiger partial charge in [-0.1, -0.05) is 13.8 Å². The molecule has 0 bridgehead atoms. The average molecular weight is 318 g/mol. The van der Waals surface area contributed by atoms with Gasteiger partial charge in [-0.25, -0.2) is 4.79 Å². The number of nitrogens with zero attached hydrogens (tertiary/aromatic N) is 1. The van der Waals surface area contributed by atoms with Crippen LogP contribution in [-0.4, -0.2) is 71.8 Å². The number of thioether (sulfide) groups is 1. The van der Waals surface area contributed by atoms with Crippen molar-refractivity contribution in [2.75, 3.05) is 37.7 Å². The Hall–Kier alpha value is -0.790. The molecule has 2 unspecified atom stereocenters. The van der Waals surface area contributed by atoms with Crippen LogP contribution < -0.4 is 5.32 Å². The summed E-state index contributed by atoms with van der Waals surface area (Å²) in [6.07, 6.45) is 0.134. The lowest BCUT2D eigenvalue weighted by Gasteiger charge is -2.33. The maximum absolute atomic E-state index is 11.0. The van der Waals surface area contributed by atoms with Crippen LogP contribution in [0.4, 0.5) is 0 Å². The first kappa shape index (κ1) is 18.3. The molecule has 0 radical (unpaired) electrons. The van der Waals surface area contributed by atoms with Crippen molar-refractivity contribution in [2.45, 2.75) is 32.9 Å². The molecule has 122 valence electrons. The molecule has 1 aliphatic heterocycles. The molecule has 0 aliphatic carbocycles. The van der Waals surface area contributed by atoms with Crippen LogP contribution in [0.2, 0.25) is 0 Å². The molecule has 0 aromatic carbocycles. The molecule has 6 nitrogen and oxygen atoms in total. The van der Waals surface area contributed by atoms with E-state index in [0.717, 1.165) is 32.0 Å². The summed E-state index contributed by atoms with van der Waals surface area (Å²) < 4.78 is 5.72. The molecule has 2 atom stereocenters. The zero-order chi connectivity index (χ0) is 15.8. The third kappa shape index (κ3) is 7.68. The van der Waals surface area contributed by atoms with Gasteiger partial charge in [0.15, 0.2) is 0 Å². The molecule has 7 heteroatoms. The molecule has 21 heavy (non-hydrogen) atoms. The Morgan fingerprint density at radius 3 is 2.76 bits per heavy atom. The van der Waals surface area contributed by atoms with E-state index in [1.165, 1.54) is 18.7 Å². The highest BCUT2D eigenvalue weighted by Gasteiger charge is 2.23. The minimum absolute atomic E-state index is 0.134. The van der Waals surface area contributed by atoms with Gasteiger partial charge in [0.25, 0.3) is 0 Å². The van der Waals surface area contributed by atoms with E-state index in [-0.39, 0.29) is 12.0 Å². The first-order chi connectivity index (χ1) is 9.88. The van der Waals surface area contributed by atoms with Crippen LogP contribution in [-0.2, 0) is 14.3 Å². The fraction of sp³-hybridized carbons (Fsp3) is 0.857. The Labute approximate surface area is 130 Å². The first-order valence-electron chi connectivity index (χ1n) is 7.30. The quantitative estimate of drug-likeness (QED) is 0.685. The molecule has 0 aromatic rings.